The quantitative estimate of drug-likeness (QED) is 0.827. The minimum absolute atomic E-state index is 0.857. The van der Waals surface area contributed by atoms with Gasteiger partial charge in [0.25, 0.3) is 0 Å². The van der Waals surface area contributed by atoms with Crippen LogP contribution in [0.5, 0.6) is 0 Å². The highest BCUT2D eigenvalue weighted by atomic mass is 16.3. The van der Waals surface area contributed by atoms with Crippen LogP contribution in [0.15, 0.2) is 34.9 Å². The highest BCUT2D eigenvalue weighted by Crippen LogP contribution is 2.22. The summed E-state index contributed by atoms with van der Waals surface area (Å²) in [4.78, 5) is 9.11. The minimum Gasteiger partial charge on any atom is -0.465 e. The van der Waals surface area contributed by atoms with Gasteiger partial charge < -0.3 is 9.32 Å². The van der Waals surface area contributed by atoms with Gasteiger partial charge >= 0.3 is 0 Å². The van der Waals surface area contributed by atoms with Crippen LogP contribution in [0.25, 0.3) is 0 Å². The molecule has 2 aromatic rings. The van der Waals surface area contributed by atoms with E-state index in [9.17, 15) is 0 Å². The first-order valence-electron chi connectivity index (χ1n) is 6.65. The lowest BCUT2D eigenvalue weighted by Gasteiger charge is -2.19. The predicted octanol–water partition coefficient (Wildman–Crippen LogP) is 2.44. The van der Waals surface area contributed by atoms with Crippen LogP contribution in [-0.4, -0.2) is 30.0 Å². The Kier molecular flexibility index (Phi) is 3.25. The monoisotopic (exact) mass is 257 g/mol. The molecule has 4 heteroatoms. The Balaban J connectivity index is 1.79. The lowest BCUT2D eigenvalue weighted by atomic mass is 10.2. The summed E-state index contributed by atoms with van der Waals surface area (Å²) >= 11 is 0. The van der Waals surface area contributed by atoms with Crippen LogP contribution in [0, 0.1) is 6.92 Å². The molecule has 0 unspecified atom stereocenters. The zero-order chi connectivity index (χ0) is 13.2. The molecule has 0 saturated carbocycles. The normalized spacial score (nSPS) is 16.2. The van der Waals surface area contributed by atoms with E-state index < -0.39 is 0 Å². The second-order valence-electron chi connectivity index (χ2n) is 5.13. The summed E-state index contributed by atoms with van der Waals surface area (Å²) < 4.78 is 5.67. The molecule has 100 valence electrons. The van der Waals surface area contributed by atoms with Gasteiger partial charge in [0.15, 0.2) is 0 Å². The van der Waals surface area contributed by atoms with Gasteiger partial charge in [0.05, 0.1) is 6.54 Å². The van der Waals surface area contributed by atoms with Crippen LogP contribution in [0.2, 0.25) is 0 Å². The van der Waals surface area contributed by atoms with Crippen molar-refractivity contribution in [2.75, 3.05) is 25.0 Å². The van der Waals surface area contributed by atoms with Crippen LogP contribution in [0.1, 0.15) is 17.1 Å². The van der Waals surface area contributed by atoms with Crippen LogP contribution >= 0.6 is 0 Å². The molecule has 0 amide bonds. The zero-order valence-corrected chi connectivity index (χ0v) is 11.5. The highest BCUT2D eigenvalue weighted by molar-refractivity contribution is 5.46. The average Bonchev–Trinajstić information content (AvgIpc) is 2.74. The molecule has 0 spiro atoms. The number of furan rings is 1. The number of likely N-dealkylation sites (N-methyl/N-ethyl adjacent to an activating group) is 1. The van der Waals surface area contributed by atoms with Crippen molar-refractivity contribution in [3.8, 4) is 0 Å². The number of anilines is 1. The Morgan fingerprint density at radius 3 is 2.95 bits per heavy atom. The second kappa shape index (κ2) is 5.05. The van der Waals surface area contributed by atoms with Crippen molar-refractivity contribution < 1.29 is 4.42 Å². The number of hydrogen-bond acceptors (Lipinski definition) is 4. The summed E-state index contributed by atoms with van der Waals surface area (Å²) in [6, 6.07) is 8.25. The van der Waals surface area contributed by atoms with Crippen molar-refractivity contribution in [3.63, 3.8) is 0 Å². The van der Waals surface area contributed by atoms with E-state index >= 15 is 0 Å². The van der Waals surface area contributed by atoms with E-state index in [0.29, 0.717) is 0 Å². The van der Waals surface area contributed by atoms with Gasteiger partial charge in [-0.3, -0.25) is 4.90 Å². The largest absolute Gasteiger partial charge is 0.465 e. The van der Waals surface area contributed by atoms with Crippen LogP contribution < -0.4 is 4.90 Å². The zero-order valence-electron chi connectivity index (χ0n) is 11.5. The molecule has 2 aromatic heterocycles. The number of fused-ring (bicyclic) bond motifs is 1. The van der Waals surface area contributed by atoms with E-state index in [2.05, 4.69) is 34.0 Å². The number of nitrogens with zero attached hydrogens (tertiary/aromatic N) is 3. The molecule has 0 saturated heterocycles. The van der Waals surface area contributed by atoms with E-state index in [1.165, 1.54) is 5.56 Å². The minimum atomic E-state index is 0.857. The van der Waals surface area contributed by atoms with Gasteiger partial charge in [-0.2, -0.15) is 0 Å². The Morgan fingerprint density at radius 1 is 1.26 bits per heavy atom. The number of pyridine rings is 1. The van der Waals surface area contributed by atoms with Crippen molar-refractivity contribution in [2.45, 2.75) is 20.0 Å². The molecule has 1 aliphatic heterocycles. The summed E-state index contributed by atoms with van der Waals surface area (Å²) in [5, 5.41) is 0. The summed E-state index contributed by atoms with van der Waals surface area (Å²) in [5.41, 5.74) is 1.28. The maximum atomic E-state index is 5.67. The summed E-state index contributed by atoms with van der Waals surface area (Å²) in [5.74, 6) is 3.11. The fraction of sp³-hybridized carbons (Fsp3) is 0.400. The molecule has 3 heterocycles. The third kappa shape index (κ3) is 2.63. The maximum absolute atomic E-state index is 5.67. The van der Waals surface area contributed by atoms with Crippen LogP contribution in [0.4, 0.5) is 5.82 Å². The standard InChI is InChI=1S/C15H19N3O/c1-12-5-6-14(19-12)11-18-9-8-17(2)15-13(10-18)4-3-7-16-15/h3-7H,8-11H2,1-2H3. The van der Waals surface area contributed by atoms with Gasteiger partial charge in [0, 0.05) is 38.4 Å². The van der Waals surface area contributed by atoms with Gasteiger partial charge in [-0.25, -0.2) is 4.98 Å². The molecular weight excluding hydrogens is 238 g/mol. The lowest BCUT2D eigenvalue weighted by molar-refractivity contribution is 0.244. The van der Waals surface area contributed by atoms with Gasteiger partial charge in [0.2, 0.25) is 0 Å². The van der Waals surface area contributed by atoms with Crippen molar-refractivity contribution >= 4 is 5.82 Å². The molecule has 0 fully saturated rings. The van der Waals surface area contributed by atoms with Gasteiger partial charge in [-0.1, -0.05) is 6.07 Å². The van der Waals surface area contributed by atoms with E-state index in [-0.39, 0.29) is 0 Å². The summed E-state index contributed by atoms with van der Waals surface area (Å²) in [6.45, 7) is 5.78. The molecule has 0 aliphatic carbocycles. The topological polar surface area (TPSA) is 32.5 Å². The molecule has 0 aromatic carbocycles. The molecule has 19 heavy (non-hydrogen) atoms. The van der Waals surface area contributed by atoms with Crippen molar-refractivity contribution in [3.05, 3.63) is 47.5 Å². The summed E-state index contributed by atoms with van der Waals surface area (Å²) in [7, 11) is 2.10. The van der Waals surface area contributed by atoms with E-state index in [4.69, 9.17) is 4.42 Å². The third-order valence-corrected chi connectivity index (χ3v) is 3.55. The lowest BCUT2D eigenvalue weighted by Crippen LogP contribution is -2.28. The predicted molar refractivity (Wildman–Crippen MR) is 75.1 cm³/mol. The fourth-order valence-corrected chi connectivity index (χ4v) is 2.54. The SMILES string of the molecule is Cc1ccc(CN2CCN(C)c3ncccc3C2)o1. The maximum Gasteiger partial charge on any atom is 0.132 e. The molecular formula is C15H19N3O. The molecule has 3 rings (SSSR count). The molecule has 0 N–H and O–H groups in total. The number of aryl methyl sites for hydroxylation is 1. The van der Waals surface area contributed by atoms with E-state index in [1.54, 1.807) is 0 Å². The molecule has 0 radical (unpaired) electrons. The van der Waals surface area contributed by atoms with Gasteiger partial charge in [0.1, 0.15) is 17.3 Å². The Bertz CT molecular complexity index is 564. The molecule has 0 bridgehead atoms. The fourth-order valence-electron chi connectivity index (χ4n) is 2.54. The third-order valence-electron chi connectivity index (χ3n) is 3.55. The van der Waals surface area contributed by atoms with Gasteiger partial charge in [-0.05, 0) is 25.1 Å². The Morgan fingerprint density at radius 2 is 2.16 bits per heavy atom. The van der Waals surface area contributed by atoms with Crippen molar-refractivity contribution in [1.29, 1.82) is 0 Å². The Hall–Kier alpha value is -1.81. The van der Waals surface area contributed by atoms with Crippen molar-refractivity contribution in [2.24, 2.45) is 0 Å². The van der Waals surface area contributed by atoms with E-state index in [1.807, 2.05) is 25.3 Å². The summed E-state index contributed by atoms with van der Waals surface area (Å²) in [6.07, 6.45) is 1.86. The van der Waals surface area contributed by atoms with E-state index in [0.717, 1.165) is 43.5 Å². The number of aromatic nitrogens is 1. The smallest absolute Gasteiger partial charge is 0.132 e. The second-order valence-corrected chi connectivity index (χ2v) is 5.13. The molecule has 4 nitrogen and oxygen atoms in total. The number of hydrogen-bond donors (Lipinski definition) is 0. The first kappa shape index (κ1) is 12.2. The van der Waals surface area contributed by atoms with Crippen LogP contribution in [0.3, 0.4) is 0 Å². The van der Waals surface area contributed by atoms with Gasteiger partial charge in [-0.15, -0.1) is 0 Å². The highest BCUT2D eigenvalue weighted by Gasteiger charge is 2.18. The van der Waals surface area contributed by atoms with Crippen LogP contribution in [-0.2, 0) is 13.1 Å². The molecule has 0 atom stereocenters. The average molecular weight is 257 g/mol. The first-order chi connectivity index (χ1) is 9.22. The first-order valence-corrected chi connectivity index (χ1v) is 6.65. The number of rotatable bonds is 2. The van der Waals surface area contributed by atoms with Crippen molar-refractivity contribution in [1.82, 2.24) is 9.88 Å². The Labute approximate surface area is 113 Å². The molecule has 1 aliphatic rings.